The summed E-state index contributed by atoms with van der Waals surface area (Å²) < 4.78 is 11.6. The zero-order valence-electron chi connectivity index (χ0n) is 23.5. The smallest absolute Gasteiger partial charge is 0.300 e. The van der Waals surface area contributed by atoms with Gasteiger partial charge in [0.2, 0.25) is 5.91 Å². The lowest BCUT2D eigenvalue weighted by Crippen LogP contribution is -2.29. The quantitative estimate of drug-likeness (QED) is 0.151. The second-order valence-electron chi connectivity index (χ2n) is 9.90. The first-order valence-electron chi connectivity index (χ1n) is 13.4. The molecule has 42 heavy (non-hydrogen) atoms. The molecular weight excluding hydrogens is 532 g/mol. The highest BCUT2D eigenvalue weighted by Gasteiger charge is 2.48. The molecule has 0 aliphatic carbocycles. The van der Waals surface area contributed by atoms with Crippen LogP contribution in [-0.2, 0) is 21.0 Å². The number of methoxy groups -OCH3 is 1. The second-order valence-corrected chi connectivity index (χ2v) is 9.90. The van der Waals surface area contributed by atoms with Crippen molar-refractivity contribution in [3.05, 3.63) is 125 Å². The summed E-state index contributed by atoms with van der Waals surface area (Å²) in [7, 11) is 1.50. The molecule has 0 bridgehead atoms. The van der Waals surface area contributed by atoms with Crippen LogP contribution in [0.2, 0.25) is 0 Å². The Hall–Kier alpha value is -5.37. The van der Waals surface area contributed by atoms with Crippen molar-refractivity contribution in [3.8, 4) is 11.5 Å². The van der Waals surface area contributed by atoms with Crippen LogP contribution in [0.3, 0.4) is 0 Å². The summed E-state index contributed by atoms with van der Waals surface area (Å²) in [6.45, 7) is 3.61. The molecule has 0 aromatic heterocycles. The lowest BCUT2D eigenvalue weighted by molar-refractivity contribution is -0.132. The Morgan fingerprint density at radius 1 is 0.905 bits per heavy atom. The monoisotopic (exact) mass is 562 g/mol. The van der Waals surface area contributed by atoms with E-state index in [9.17, 15) is 19.5 Å². The molecule has 8 heteroatoms. The van der Waals surface area contributed by atoms with Crippen molar-refractivity contribution in [2.75, 3.05) is 17.3 Å². The van der Waals surface area contributed by atoms with Gasteiger partial charge in [-0.2, -0.15) is 0 Å². The van der Waals surface area contributed by atoms with E-state index < -0.39 is 17.7 Å². The van der Waals surface area contributed by atoms with E-state index in [0.29, 0.717) is 40.6 Å². The van der Waals surface area contributed by atoms with Crippen LogP contribution in [0, 0.1) is 6.92 Å². The number of hydrogen-bond donors (Lipinski definition) is 2. The van der Waals surface area contributed by atoms with E-state index in [1.807, 2.05) is 37.3 Å². The van der Waals surface area contributed by atoms with Crippen molar-refractivity contribution in [2.24, 2.45) is 0 Å². The third-order valence-corrected chi connectivity index (χ3v) is 7.01. The standard InChI is InChI=1S/C34H30N2O6/c1-21-18-24(16-17-28(21)42-20-23-10-5-4-6-11-23)32(38)30-31(27-14-7-8-15-29(27)41-3)36(34(40)33(30)39)26-13-9-12-25(19-26)35-22(2)37/h4-19,31,38H,20H2,1-3H3,(H,35,37)/b32-30+. The van der Waals surface area contributed by atoms with Gasteiger partial charge in [0.1, 0.15) is 23.9 Å². The summed E-state index contributed by atoms with van der Waals surface area (Å²) in [4.78, 5) is 40.2. The fraction of sp³-hybridized carbons (Fsp3) is 0.147. The molecule has 212 valence electrons. The van der Waals surface area contributed by atoms with Gasteiger partial charge in [-0.05, 0) is 60.5 Å². The molecule has 1 heterocycles. The molecule has 0 spiro atoms. The molecule has 1 aliphatic heterocycles. The first-order valence-corrected chi connectivity index (χ1v) is 13.4. The fourth-order valence-electron chi connectivity index (χ4n) is 5.07. The molecular formula is C34H30N2O6. The highest BCUT2D eigenvalue weighted by Crippen LogP contribution is 2.45. The SMILES string of the molecule is COc1ccccc1C1/C(=C(\O)c2ccc(OCc3ccccc3)c(C)c2)C(=O)C(=O)N1c1cccc(NC(C)=O)c1. The number of carbonyl (C=O) groups is 3. The van der Waals surface area contributed by atoms with Gasteiger partial charge >= 0.3 is 0 Å². The number of ketones is 1. The molecule has 2 amide bonds. The minimum Gasteiger partial charge on any atom is -0.507 e. The third-order valence-electron chi connectivity index (χ3n) is 7.01. The number of hydrogen-bond acceptors (Lipinski definition) is 6. The Balaban J connectivity index is 1.59. The lowest BCUT2D eigenvalue weighted by Gasteiger charge is -2.27. The van der Waals surface area contributed by atoms with Crippen LogP contribution in [0.5, 0.6) is 11.5 Å². The normalized spacial score (nSPS) is 15.9. The molecule has 1 fully saturated rings. The van der Waals surface area contributed by atoms with Crippen molar-refractivity contribution in [2.45, 2.75) is 26.5 Å². The highest BCUT2D eigenvalue weighted by molar-refractivity contribution is 6.51. The van der Waals surface area contributed by atoms with E-state index in [0.717, 1.165) is 11.1 Å². The molecule has 1 saturated heterocycles. The number of benzene rings is 4. The van der Waals surface area contributed by atoms with E-state index in [1.165, 1.54) is 18.9 Å². The van der Waals surface area contributed by atoms with E-state index >= 15 is 0 Å². The van der Waals surface area contributed by atoms with Crippen molar-refractivity contribution in [3.63, 3.8) is 0 Å². The van der Waals surface area contributed by atoms with Gasteiger partial charge in [0, 0.05) is 29.4 Å². The number of anilines is 2. The molecule has 5 rings (SSSR count). The number of para-hydroxylation sites is 1. The number of amides is 2. The first kappa shape index (κ1) is 28.2. The van der Waals surface area contributed by atoms with E-state index in [-0.39, 0.29) is 17.2 Å². The van der Waals surface area contributed by atoms with Gasteiger partial charge in [0.15, 0.2) is 0 Å². The van der Waals surface area contributed by atoms with Crippen LogP contribution >= 0.6 is 0 Å². The van der Waals surface area contributed by atoms with Crippen LogP contribution in [0.4, 0.5) is 11.4 Å². The number of carbonyl (C=O) groups excluding carboxylic acids is 3. The Morgan fingerprint density at radius 3 is 2.36 bits per heavy atom. The Kier molecular flexibility index (Phi) is 8.06. The highest BCUT2D eigenvalue weighted by atomic mass is 16.5. The van der Waals surface area contributed by atoms with Crippen LogP contribution in [0.15, 0.2) is 103 Å². The lowest BCUT2D eigenvalue weighted by atomic mass is 9.94. The second kappa shape index (κ2) is 12.0. The van der Waals surface area contributed by atoms with Gasteiger partial charge in [0.05, 0.1) is 18.7 Å². The molecule has 8 nitrogen and oxygen atoms in total. The number of Topliss-reactive ketones (excluding diaryl/α,β-unsaturated/α-hetero) is 1. The molecule has 1 unspecified atom stereocenters. The summed E-state index contributed by atoms with van der Waals surface area (Å²) in [6.07, 6.45) is 0. The molecule has 1 aliphatic rings. The van der Waals surface area contributed by atoms with E-state index in [2.05, 4.69) is 5.32 Å². The molecule has 0 radical (unpaired) electrons. The predicted molar refractivity (Wildman–Crippen MR) is 160 cm³/mol. The summed E-state index contributed by atoms with van der Waals surface area (Å²) >= 11 is 0. The van der Waals surface area contributed by atoms with Gasteiger partial charge in [-0.25, -0.2) is 0 Å². The maximum Gasteiger partial charge on any atom is 0.300 e. The zero-order valence-corrected chi connectivity index (χ0v) is 23.5. The van der Waals surface area contributed by atoms with Gasteiger partial charge in [-0.1, -0.05) is 54.6 Å². The minimum absolute atomic E-state index is 0.0771. The summed E-state index contributed by atoms with van der Waals surface area (Å²) in [5.41, 5.74) is 3.41. The number of nitrogens with zero attached hydrogens (tertiary/aromatic N) is 1. The van der Waals surface area contributed by atoms with Crippen molar-refractivity contribution >= 4 is 34.7 Å². The van der Waals surface area contributed by atoms with E-state index in [4.69, 9.17) is 9.47 Å². The Bertz CT molecular complexity index is 1700. The number of ether oxygens (including phenoxy) is 2. The van der Waals surface area contributed by atoms with Crippen molar-refractivity contribution < 1.29 is 29.0 Å². The number of rotatable bonds is 8. The van der Waals surface area contributed by atoms with Crippen LogP contribution < -0.4 is 19.7 Å². The molecule has 4 aromatic rings. The third kappa shape index (κ3) is 5.60. The Labute approximate surface area is 243 Å². The van der Waals surface area contributed by atoms with Crippen LogP contribution in [0.25, 0.3) is 5.76 Å². The molecule has 4 aromatic carbocycles. The maximum absolute atomic E-state index is 13.6. The maximum atomic E-state index is 13.6. The fourth-order valence-corrected chi connectivity index (χ4v) is 5.07. The minimum atomic E-state index is -0.997. The van der Waals surface area contributed by atoms with Crippen molar-refractivity contribution in [1.29, 1.82) is 0 Å². The molecule has 0 saturated carbocycles. The largest absolute Gasteiger partial charge is 0.507 e. The molecule has 1 atom stereocenters. The number of nitrogens with one attached hydrogen (secondary N) is 1. The Morgan fingerprint density at radius 2 is 1.64 bits per heavy atom. The van der Waals surface area contributed by atoms with Gasteiger partial charge < -0.3 is 19.9 Å². The van der Waals surface area contributed by atoms with Crippen LogP contribution in [-0.4, -0.2) is 29.8 Å². The average Bonchev–Trinajstić information content (AvgIpc) is 3.26. The zero-order chi connectivity index (χ0) is 29.8. The van der Waals surface area contributed by atoms with Gasteiger partial charge in [-0.3, -0.25) is 19.3 Å². The summed E-state index contributed by atoms with van der Waals surface area (Å²) in [6, 6.07) is 27.6. The van der Waals surface area contributed by atoms with Crippen molar-refractivity contribution in [1.82, 2.24) is 0 Å². The molecule has 2 N–H and O–H groups in total. The number of aliphatic hydroxyl groups is 1. The van der Waals surface area contributed by atoms with E-state index in [1.54, 1.807) is 66.7 Å². The average molecular weight is 563 g/mol. The first-order chi connectivity index (χ1) is 20.3. The topological polar surface area (TPSA) is 105 Å². The number of aryl methyl sites for hydroxylation is 1. The van der Waals surface area contributed by atoms with Gasteiger partial charge in [0.25, 0.3) is 11.7 Å². The predicted octanol–water partition coefficient (Wildman–Crippen LogP) is 6.17. The van der Waals surface area contributed by atoms with Gasteiger partial charge in [-0.15, -0.1) is 0 Å². The van der Waals surface area contributed by atoms with Crippen LogP contribution in [0.1, 0.15) is 35.2 Å². The number of aliphatic hydroxyl groups excluding tert-OH is 1. The summed E-state index contributed by atoms with van der Waals surface area (Å²) in [5.74, 6) is -1.17. The summed E-state index contributed by atoms with van der Waals surface area (Å²) in [5, 5.41) is 14.3.